The van der Waals surface area contributed by atoms with Gasteiger partial charge in [0.25, 0.3) is 0 Å². The lowest BCUT2D eigenvalue weighted by Gasteiger charge is -2.39. The van der Waals surface area contributed by atoms with Gasteiger partial charge in [-0.3, -0.25) is 4.90 Å². The van der Waals surface area contributed by atoms with Gasteiger partial charge < -0.3 is 10.1 Å². The monoisotopic (exact) mass is 344 g/mol. The molecule has 4 rings (SSSR count). The molecule has 2 atom stereocenters. The van der Waals surface area contributed by atoms with E-state index in [0.717, 1.165) is 44.0 Å². The van der Waals surface area contributed by atoms with Crippen molar-refractivity contribution in [3.63, 3.8) is 0 Å². The summed E-state index contributed by atoms with van der Waals surface area (Å²) in [7, 11) is 0. The number of anilines is 1. The number of hydrogen-bond donors (Lipinski definition) is 1. The van der Waals surface area contributed by atoms with Crippen LogP contribution in [0.1, 0.15) is 30.5 Å². The lowest BCUT2D eigenvalue weighted by atomic mass is 9.88. The zero-order chi connectivity index (χ0) is 16.4. The van der Waals surface area contributed by atoms with Crippen LogP contribution < -0.4 is 5.32 Å². The molecule has 1 N–H and O–H groups in total. The van der Waals surface area contributed by atoms with Crippen molar-refractivity contribution in [2.45, 2.75) is 44.4 Å². The lowest BCUT2D eigenvalue weighted by Crippen LogP contribution is -2.47. The van der Waals surface area contributed by atoms with Gasteiger partial charge in [0.05, 0.1) is 23.9 Å². The van der Waals surface area contributed by atoms with Crippen molar-refractivity contribution in [2.75, 3.05) is 25.0 Å². The predicted octanol–water partition coefficient (Wildman–Crippen LogP) is 3.08. The van der Waals surface area contributed by atoms with Crippen molar-refractivity contribution in [1.82, 2.24) is 15.1 Å². The number of nitrogens with zero attached hydrogens (tertiary/aromatic N) is 3. The van der Waals surface area contributed by atoms with Crippen LogP contribution in [-0.2, 0) is 11.3 Å². The second-order valence-corrected chi connectivity index (χ2v) is 7.83. The quantitative estimate of drug-likeness (QED) is 0.924. The first-order valence-corrected chi connectivity index (χ1v) is 9.59. The molecule has 0 bridgehead atoms. The van der Waals surface area contributed by atoms with Crippen LogP contribution in [0.25, 0.3) is 0 Å². The van der Waals surface area contributed by atoms with Crippen LogP contribution in [-0.4, -0.2) is 46.4 Å². The van der Waals surface area contributed by atoms with Crippen molar-refractivity contribution < 1.29 is 4.74 Å². The SMILES string of the molecule is Cc1ccc(N[C@@H]2CO[C@@]3(CCCN(Cc4ccsc4)C3)C2)nn1. The van der Waals surface area contributed by atoms with Crippen molar-refractivity contribution in [3.8, 4) is 0 Å². The first kappa shape index (κ1) is 16.0. The Labute approximate surface area is 147 Å². The minimum atomic E-state index is 0.00403. The van der Waals surface area contributed by atoms with Crippen molar-refractivity contribution >= 4 is 17.2 Å². The fraction of sp³-hybridized carbons (Fsp3) is 0.556. The minimum absolute atomic E-state index is 0.00403. The smallest absolute Gasteiger partial charge is 0.148 e. The highest BCUT2D eigenvalue weighted by Crippen LogP contribution is 2.36. The van der Waals surface area contributed by atoms with Gasteiger partial charge in [-0.05, 0) is 60.8 Å². The molecule has 0 unspecified atom stereocenters. The number of rotatable bonds is 4. The zero-order valence-corrected chi connectivity index (χ0v) is 14.9. The molecule has 0 radical (unpaired) electrons. The summed E-state index contributed by atoms with van der Waals surface area (Å²) in [5.74, 6) is 0.845. The maximum absolute atomic E-state index is 6.29. The standard InChI is InChI=1S/C18H24N4OS/c1-14-3-4-17(21-20-14)19-16-9-18(23-11-16)6-2-7-22(13-18)10-15-5-8-24-12-15/h3-5,8,12,16H,2,6-7,9-11,13H2,1H3,(H,19,21)/t16-,18-/m0/s1. The molecular weight excluding hydrogens is 320 g/mol. The fourth-order valence-corrected chi connectivity index (χ4v) is 4.53. The molecule has 2 aromatic heterocycles. The molecule has 4 heterocycles. The van der Waals surface area contributed by atoms with Crippen LogP contribution in [0.4, 0.5) is 5.82 Å². The maximum Gasteiger partial charge on any atom is 0.148 e. The van der Waals surface area contributed by atoms with Gasteiger partial charge in [-0.2, -0.15) is 16.4 Å². The van der Waals surface area contributed by atoms with E-state index < -0.39 is 0 Å². The zero-order valence-electron chi connectivity index (χ0n) is 14.1. The number of aromatic nitrogens is 2. The van der Waals surface area contributed by atoms with Gasteiger partial charge in [-0.25, -0.2) is 0 Å². The summed E-state index contributed by atoms with van der Waals surface area (Å²) in [6, 6.07) is 6.53. The summed E-state index contributed by atoms with van der Waals surface area (Å²) < 4.78 is 6.29. The topological polar surface area (TPSA) is 50.3 Å². The van der Waals surface area contributed by atoms with E-state index in [1.54, 1.807) is 11.3 Å². The van der Waals surface area contributed by atoms with E-state index in [0.29, 0.717) is 6.04 Å². The Kier molecular flexibility index (Phi) is 4.52. The number of nitrogens with one attached hydrogen (secondary N) is 1. The van der Waals surface area contributed by atoms with E-state index in [1.807, 2.05) is 19.1 Å². The number of piperidine rings is 1. The highest BCUT2D eigenvalue weighted by Gasteiger charge is 2.43. The summed E-state index contributed by atoms with van der Waals surface area (Å²) >= 11 is 1.77. The molecule has 1 spiro atoms. The molecule has 2 aliphatic rings. The molecule has 0 saturated carbocycles. The van der Waals surface area contributed by atoms with Crippen LogP contribution in [0.3, 0.4) is 0 Å². The molecule has 2 aliphatic heterocycles. The highest BCUT2D eigenvalue weighted by molar-refractivity contribution is 7.07. The van der Waals surface area contributed by atoms with Gasteiger partial charge >= 0.3 is 0 Å². The molecule has 128 valence electrons. The Morgan fingerprint density at radius 2 is 2.33 bits per heavy atom. The first-order chi connectivity index (χ1) is 11.7. The van der Waals surface area contributed by atoms with E-state index in [9.17, 15) is 0 Å². The molecule has 0 aromatic carbocycles. The third-order valence-corrected chi connectivity index (χ3v) is 5.70. The van der Waals surface area contributed by atoms with Crippen molar-refractivity contribution in [2.24, 2.45) is 0 Å². The summed E-state index contributed by atoms with van der Waals surface area (Å²) in [6.45, 7) is 5.94. The van der Waals surface area contributed by atoms with E-state index >= 15 is 0 Å². The Morgan fingerprint density at radius 3 is 3.12 bits per heavy atom. The van der Waals surface area contributed by atoms with Crippen LogP contribution in [0.2, 0.25) is 0 Å². The number of aryl methyl sites for hydroxylation is 1. The second kappa shape index (κ2) is 6.78. The molecule has 2 fully saturated rings. The van der Waals surface area contributed by atoms with Crippen LogP contribution in [0.15, 0.2) is 29.0 Å². The number of thiophene rings is 1. The third kappa shape index (κ3) is 3.61. The Balaban J connectivity index is 1.36. The van der Waals surface area contributed by atoms with E-state index in [4.69, 9.17) is 4.74 Å². The first-order valence-electron chi connectivity index (χ1n) is 8.65. The molecule has 0 aliphatic carbocycles. The van der Waals surface area contributed by atoms with Crippen molar-refractivity contribution in [1.29, 1.82) is 0 Å². The lowest BCUT2D eigenvalue weighted by molar-refractivity contribution is -0.0532. The van der Waals surface area contributed by atoms with Gasteiger partial charge in [0, 0.05) is 19.5 Å². The summed E-state index contributed by atoms with van der Waals surface area (Å²) in [6.07, 6.45) is 3.41. The van der Waals surface area contributed by atoms with Gasteiger partial charge in [0.15, 0.2) is 0 Å². The van der Waals surface area contributed by atoms with Gasteiger partial charge in [-0.1, -0.05) is 0 Å². The second-order valence-electron chi connectivity index (χ2n) is 7.05. The Bertz CT molecular complexity index is 660. The Morgan fingerprint density at radius 1 is 1.38 bits per heavy atom. The molecule has 2 aromatic rings. The summed E-state index contributed by atoms with van der Waals surface area (Å²) in [5.41, 5.74) is 2.36. The molecule has 2 saturated heterocycles. The Hall–Kier alpha value is -1.50. The van der Waals surface area contributed by atoms with Gasteiger partial charge in [0.1, 0.15) is 5.82 Å². The van der Waals surface area contributed by atoms with E-state index in [-0.39, 0.29) is 5.60 Å². The van der Waals surface area contributed by atoms with Crippen LogP contribution in [0.5, 0.6) is 0 Å². The van der Waals surface area contributed by atoms with Crippen LogP contribution in [0, 0.1) is 6.92 Å². The average Bonchev–Trinajstić information content (AvgIpc) is 3.21. The minimum Gasteiger partial charge on any atom is -0.371 e. The number of hydrogen-bond acceptors (Lipinski definition) is 6. The number of likely N-dealkylation sites (tertiary alicyclic amines) is 1. The normalized spacial score (nSPS) is 27.6. The van der Waals surface area contributed by atoms with E-state index in [1.165, 1.54) is 18.5 Å². The average molecular weight is 344 g/mol. The largest absolute Gasteiger partial charge is 0.371 e. The highest BCUT2D eigenvalue weighted by atomic mass is 32.1. The molecular formula is C18H24N4OS. The van der Waals surface area contributed by atoms with Gasteiger partial charge in [0.2, 0.25) is 0 Å². The van der Waals surface area contributed by atoms with Gasteiger partial charge in [-0.15, -0.1) is 5.10 Å². The predicted molar refractivity (Wildman–Crippen MR) is 96.3 cm³/mol. The molecule has 24 heavy (non-hydrogen) atoms. The van der Waals surface area contributed by atoms with E-state index in [2.05, 4.69) is 37.2 Å². The molecule has 6 heteroatoms. The third-order valence-electron chi connectivity index (χ3n) is 4.96. The summed E-state index contributed by atoms with van der Waals surface area (Å²) in [5, 5.41) is 16.2. The number of ether oxygens (including phenoxy) is 1. The van der Waals surface area contributed by atoms with Crippen molar-refractivity contribution in [3.05, 3.63) is 40.2 Å². The molecule has 5 nitrogen and oxygen atoms in total. The molecule has 0 amide bonds. The fourth-order valence-electron chi connectivity index (χ4n) is 3.87. The maximum atomic E-state index is 6.29. The van der Waals surface area contributed by atoms with Crippen LogP contribution >= 0.6 is 11.3 Å². The summed E-state index contributed by atoms with van der Waals surface area (Å²) in [4.78, 5) is 2.54.